The van der Waals surface area contributed by atoms with Gasteiger partial charge in [0.05, 0.1) is 37.4 Å². The fraction of sp³-hybridized carbons (Fsp3) is 0.500. The molecule has 0 unspecified atom stereocenters. The molecule has 2 amide bonds. The van der Waals surface area contributed by atoms with Crippen molar-refractivity contribution in [3.8, 4) is 11.5 Å². The summed E-state index contributed by atoms with van der Waals surface area (Å²) >= 11 is 2.86. The SMILES string of the molecule is CCC[C@@H](NC(=O)[C@]1(C)CSC(/C(C)=N/O)=N1)c1cc(OCC2CC2)cc(=O)o1.CCC[C@@H](NC(=O)[C@]1(C)CSC(/C(C)=N/O[Si](c2ccccc2)(c2ccccc2)C(C)(C)C)=N1)c1cc(OCC2CC2)cc(=O)o1. The van der Waals surface area contributed by atoms with E-state index in [0.717, 1.165) is 48.9 Å². The second-order valence-corrected chi connectivity index (χ2v) is 27.4. The number of oxime groups is 2. The molecule has 8 rings (SSSR count). The van der Waals surface area contributed by atoms with Crippen molar-refractivity contribution in [1.29, 1.82) is 0 Å². The summed E-state index contributed by atoms with van der Waals surface area (Å²) in [4.78, 5) is 60.5. The van der Waals surface area contributed by atoms with Crippen LogP contribution in [0.4, 0.5) is 0 Å². The Hall–Kier alpha value is -5.92. The Labute approximate surface area is 449 Å². The second kappa shape index (κ2) is 24.8. The summed E-state index contributed by atoms with van der Waals surface area (Å²) in [7, 11) is -2.88. The number of hydrogen-bond acceptors (Lipinski definition) is 16. The lowest BCUT2D eigenvalue weighted by molar-refractivity contribution is -0.126. The van der Waals surface area contributed by atoms with Gasteiger partial charge in [0.15, 0.2) is 0 Å². The molecular formula is C56H72N6O10S2Si. The molecule has 2 aromatic heterocycles. The van der Waals surface area contributed by atoms with Gasteiger partial charge < -0.3 is 38.7 Å². The van der Waals surface area contributed by atoms with Crippen LogP contribution in [0.25, 0.3) is 0 Å². The van der Waals surface area contributed by atoms with E-state index < -0.39 is 42.7 Å². The summed E-state index contributed by atoms with van der Waals surface area (Å²) < 4.78 is 29.3. The summed E-state index contributed by atoms with van der Waals surface area (Å²) in [5.74, 6) is 3.22. The minimum Gasteiger partial charge on any atom is -0.493 e. The zero-order valence-corrected chi connectivity index (χ0v) is 47.2. The molecule has 0 spiro atoms. The van der Waals surface area contributed by atoms with Crippen LogP contribution in [0.15, 0.2) is 124 Å². The molecule has 4 heterocycles. The first-order valence-corrected chi connectivity index (χ1v) is 29.8. The highest BCUT2D eigenvalue weighted by Gasteiger charge is 2.53. The van der Waals surface area contributed by atoms with E-state index in [9.17, 15) is 19.2 Å². The van der Waals surface area contributed by atoms with Gasteiger partial charge in [-0.15, -0.1) is 28.7 Å². The van der Waals surface area contributed by atoms with Crippen LogP contribution in [0.5, 0.6) is 11.5 Å². The van der Waals surface area contributed by atoms with Crippen LogP contribution in [0.3, 0.4) is 0 Å². The minimum absolute atomic E-state index is 0.234. The Kier molecular flexibility index (Phi) is 18.8. The summed E-state index contributed by atoms with van der Waals surface area (Å²) in [6.45, 7) is 18.9. The molecule has 0 bridgehead atoms. The van der Waals surface area contributed by atoms with Crippen LogP contribution in [-0.4, -0.2) is 82.6 Å². The number of amides is 2. The molecule has 2 aliphatic heterocycles. The van der Waals surface area contributed by atoms with E-state index in [1.54, 1.807) is 26.0 Å². The normalized spacial score (nSPS) is 20.7. The van der Waals surface area contributed by atoms with Crippen molar-refractivity contribution in [2.24, 2.45) is 32.1 Å². The number of nitrogens with zero attached hydrogens (tertiary/aromatic N) is 4. The van der Waals surface area contributed by atoms with Gasteiger partial charge in [-0.25, -0.2) is 9.59 Å². The molecule has 2 fully saturated rings. The number of rotatable bonds is 22. The molecule has 402 valence electrons. The number of thioether (sulfide) groups is 2. The van der Waals surface area contributed by atoms with E-state index in [1.807, 2.05) is 64.1 Å². The lowest BCUT2D eigenvalue weighted by atomic mass is 10.0. The third kappa shape index (κ3) is 14.5. The summed E-state index contributed by atoms with van der Waals surface area (Å²) in [6, 6.07) is 25.9. The first kappa shape index (κ1) is 56.8. The molecule has 3 N–H and O–H groups in total. The topological polar surface area (TPSA) is 216 Å². The molecular weight excluding hydrogens is 1010 g/mol. The van der Waals surface area contributed by atoms with Crippen molar-refractivity contribution in [2.75, 3.05) is 24.7 Å². The molecule has 0 radical (unpaired) electrons. The average Bonchev–Trinajstić information content (AvgIpc) is 4.33. The van der Waals surface area contributed by atoms with Gasteiger partial charge in [0.2, 0.25) is 11.8 Å². The van der Waals surface area contributed by atoms with Crippen LogP contribution in [0.2, 0.25) is 5.04 Å². The summed E-state index contributed by atoms with van der Waals surface area (Å²) in [5, 5.41) is 26.2. The van der Waals surface area contributed by atoms with Gasteiger partial charge in [0.1, 0.15) is 55.6 Å². The largest absolute Gasteiger partial charge is 0.493 e. The zero-order chi connectivity index (χ0) is 54.0. The zero-order valence-electron chi connectivity index (χ0n) is 44.6. The fourth-order valence-corrected chi connectivity index (χ4v) is 15.1. The predicted octanol–water partition coefficient (Wildman–Crippen LogP) is 9.38. The molecule has 19 heteroatoms. The molecule has 4 aliphatic rings. The lowest BCUT2D eigenvalue weighted by Gasteiger charge is -2.40. The Morgan fingerprint density at radius 3 is 1.51 bits per heavy atom. The quantitative estimate of drug-likeness (QED) is 0.0290. The van der Waals surface area contributed by atoms with Crippen LogP contribution in [-0.2, 0) is 14.1 Å². The third-order valence-corrected chi connectivity index (χ3v) is 21.0. The van der Waals surface area contributed by atoms with Gasteiger partial charge in [0, 0.05) is 28.7 Å². The highest BCUT2D eigenvalue weighted by atomic mass is 32.2. The van der Waals surface area contributed by atoms with Gasteiger partial charge in [-0.05, 0) is 88.4 Å². The maximum atomic E-state index is 13.8. The lowest BCUT2D eigenvalue weighted by Crippen LogP contribution is -2.65. The van der Waals surface area contributed by atoms with Crippen molar-refractivity contribution < 1.29 is 37.6 Å². The second-order valence-electron chi connectivity index (χ2n) is 21.2. The molecule has 75 heavy (non-hydrogen) atoms. The van der Waals surface area contributed by atoms with Crippen molar-refractivity contribution >= 4 is 75.5 Å². The molecule has 4 atom stereocenters. The van der Waals surface area contributed by atoms with Crippen LogP contribution in [0, 0.1) is 11.8 Å². The highest BCUT2D eigenvalue weighted by Crippen LogP contribution is 2.38. The van der Waals surface area contributed by atoms with E-state index in [0.29, 0.717) is 93.9 Å². The Morgan fingerprint density at radius 1 is 0.720 bits per heavy atom. The molecule has 0 saturated heterocycles. The molecule has 2 aliphatic carbocycles. The van der Waals surface area contributed by atoms with E-state index in [1.165, 1.54) is 35.7 Å². The maximum Gasteiger partial charge on any atom is 0.354 e. The maximum absolute atomic E-state index is 13.8. The van der Waals surface area contributed by atoms with Crippen molar-refractivity contribution in [1.82, 2.24) is 10.6 Å². The predicted molar refractivity (Wildman–Crippen MR) is 301 cm³/mol. The van der Waals surface area contributed by atoms with E-state index >= 15 is 0 Å². The smallest absolute Gasteiger partial charge is 0.354 e. The van der Waals surface area contributed by atoms with Crippen molar-refractivity contribution in [3.05, 3.63) is 117 Å². The number of aliphatic imine (C=N–C) groups is 2. The van der Waals surface area contributed by atoms with Crippen LogP contribution < -0.4 is 41.7 Å². The van der Waals surface area contributed by atoms with Crippen LogP contribution >= 0.6 is 23.5 Å². The van der Waals surface area contributed by atoms with Gasteiger partial charge >= 0.3 is 19.6 Å². The number of nitrogens with one attached hydrogen (secondary N) is 2. The number of benzene rings is 2. The first-order chi connectivity index (χ1) is 35.8. The molecule has 2 aromatic carbocycles. The first-order valence-electron chi connectivity index (χ1n) is 26.0. The van der Waals surface area contributed by atoms with Crippen LogP contribution in [0.1, 0.15) is 137 Å². The van der Waals surface area contributed by atoms with Gasteiger partial charge in [0.25, 0.3) is 0 Å². The third-order valence-electron chi connectivity index (χ3n) is 13.5. The fourth-order valence-electron chi connectivity index (χ4n) is 8.67. The summed E-state index contributed by atoms with van der Waals surface area (Å²) in [6.07, 6.45) is 7.40. The average molecular weight is 1080 g/mol. The minimum atomic E-state index is -2.88. The number of carbonyl (C=O) groups is 2. The van der Waals surface area contributed by atoms with Crippen molar-refractivity contribution in [3.63, 3.8) is 0 Å². The molecule has 4 aromatic rings. The Balaban J connectivity index is 0.000000243. The molecule has 16 nitrogen and oxygen atoms in total. The number of hydrogen-bond donors (Lipinski definition) is 3. The molecule has 2 saturated carbocycles. The van der Waals surface area contributed by atoms with Gasteiger partial charge in [-0.3, -0.25) is 19.6 Å². The Morgan fingerprint density at radius 2 is 1.13 bits per heavy atom. The number of ether oxygens (including phenoxy) is 2. The van der Waals surface area contributed by atoms with E-state index in [-0.39, 0.29) is 16.9 Å². The number of carbonyl (C=O) groups excluding carboxylic acids is 2. The standard InChI is InChI=1S/C36H45N3O5SSi.C20H27N3O5S/c1-7-14-30(31-21-27(22-32(40)43-31)42-23-26-19-20-26)37-34(41)36(6)24-45-33(38-36)25(2)39-44-46(35(3,4)5,28-15-10-8-11-16-28)29-17-12-9-13-18-29;1-4-5-15(16-8-14(9-17(24)28-16)27-10-13-6-7-13)21-19(25)20(3)11-29-18(22-20)12(2)23-26/h8-13,15-18,21-22,26,30H,7,14,19-20,23-24H2,1-6H3,(H,37,41);8-9,13,15,26H,4-7,10-11H2,1-3H3,(H,21,25)/b39-25+;23-12+/t30-,36+;15-,20+/m11/s1. The Bertz CT molecular complexity index is 2840. The van der Waals surface area contributed by atoms with Gasteiger partial charge in [-0.2, -0.15) is 0 Å². The van der Waals surface area contributed by atoms with E-state index in [2.05, 4.69) is 65.8 Å². The highest BCUT2D eigenvalue weighted by molar-refractivity contribution is 8.16. The monoisotopic (exact) mass is 1080 g/mol. The van der Waals surface area contributed by atoms with E-state index in [4.69, 9.17) is 38.2 Å². The summed E-state index contributed by atoms with van der Waals surface area (Å²) in [5.41, 5.74) is -2.00. The van der Waals surface area contributed by atoms with Gasteiger partial charge in [-0.1, -0.05) is 113 Å². The van der Waals surface area contributed by atoms with Crippen molar-refractivity contribution in [2.45, 2.75) is 142 Å².